The molecule has 0 aliphatic heterocycles. The fourth-order valence-electron chi connectivity index (χ4n) is 2.12. The molecule has 4 heteroatoms. The Labute approximate surface area is 125 Å². The number of nitrogens with zero attached hydrogens (tertiary/aromatic N) is 1. The summed E-state index contributed by atoms with van der Waals surface area (Å²) >= 11 is 0. The van der Waals surface area contributed by atoms with Gasteiger partial charge in [-0.05, 0) is 57.0 Å². The molecule has 0 bridgehead atoms. The quantitative estimate of drug-likeness (QED) is 0.851. The van der Waals surface area contributed by atoms with Gasteiger partial charge in [-0.2, -0.15) is 0 Å². The zero-order valence-electron chi connectivity index (χ0n) is 12.7. The van der Waals surface area contributed by atoms with Crippen LogP contribution < -0.4 is 10.1 Å². The molecule has 1 aromatic heterocycles. The fourth-order valence-corrected chi connectivity index (χ4v) is 2.12. The van der Waals surface area contributed by atoms with E-state index in [1.54, 1.807) is 18.3 Å². The third kappa shape index (κ3) is 4.67. The highest BCUT2D eigenvalue weighted by molar-refractivity contribution is 5.52. The summed E-state index contributed by atoms with van der Waals surface area (Å²) in [5.41, 5.74) is 2.07. The van der Waals surface area contributed by atoms with Crippen LogP contribution in [0.2, 0.25) is 0 Å². The van der Waals surface area contributed by atoms with E-state index in [1.807, 2.05) is 38.1 Å². The Balaban J connectivity index is 2.02. The van der Waals surface area contributed by atoms with Crippen LogP contribution in [0.15, 0.2) is 42.6 Å². The summed E-state index contributed by atoms with van der Waals surface area (Å²) < 4.78 is 5.71. The molecule has 1 heterocycles. The Morgan fingerprint density at radius 2 is 1.86 bits per heavy atom. The maximum atomic E-state index is 9.31. The van der Waals surface area contributed by atoms with Gasteiger partial charge in [0.25, 0.3) is 0 Å². The van der Waals surface area contributed by atoms with Crippen LogP contribution in [0.4, 0.5) is 5.69 Å². The molecular formula is C17H22N2O2. The molecule has 21 heavy (non-hydrogen) atoms. The highest BCUT2D eigenvalue weighted by atomic mass is 16.5. The molecule has 2 rings (SSSR count). The lowest BCUT2D eigenvalue weighted by Crippen LogP contribution is -2.19. The molecule has 1 unspecified atom stereocenters. The van der Waals surface area contributed by atoms with Gasteiger partial charge in [0, 0.05) is 12.2 Å². The Kier molecular flexibility index (Phi) is 5.04. The van der Waals surface area contributed by atoms with Crippen molar-refractivity contribution in [3.05, 3.63) is 48.2 Å². The molecule has 0 fully saturated rings. The summed E-state index contributed by atoms with van der Waals surface area (Å²) in [6, 6.07) is 11.4. The smallest absolute Gasteiger partial charge is 0.237 e. The maximum absolute atomic E-state index is 9.31. The van der Waals surface area contributed by atoms with Crippen molar-refractivity contribution in [2.24, 2.45) is 0 Å². The number of rotatable bonds is 6. The molecule has 4 nitrogen and oxygen atoms in total. The largest absolute Gasteiger partial charge is 0.508 e. The molecule has 1 aromatic carbocycles. The van der Waals surface area contributed by atoms with Crippen LogP contribution in [-0.4, -0.2) is 22.2 Å². The van der Waals surface area contributed by atoms with Gasteiger partial charge in [-0.3, -0.25) is 0 Å². The van der Waals surface area contributed by atoms with E-state index in [9.17, 15) is 5.11 Å². The number of nitrogens with one attached hydrogen (secondary N) is 1. The first-order valence-electron chi connectivity index (χ1n) is 7.20. The van der Waals surface area contributed by atoms with Gasteiger partial charge < -0.3 is 15.2 Å². The van der Waals surface area contributed by atoms with E-state index in [2.05, 4.69) is 17.2 Å². The summed E-state index contributed by atoms with van der Waals surface area (Å²) in [6.45, 7) is 6.08. The van der Waals surface area contributed by atoms with E-state index in [-0.39, 0.29) is 12.1 Å². The number of hydrogen-bond acceptors (Lipinski definition) is 4. The summed E-state index contributed by atoms with van der Waals surface area (Å²) in [7, 11) is 0. The van der Waals surface area contributed by atoms with Crippen molar-refractivity contribution in [3.63, 3.8) is 0 Å². The molecule has 2 N–H and O–H groups in total. The lowest BCUT2D eigenvalue weighted by Gasteiger charge is -2.18. The first-order chi connectivity index (χ1) is 10.0. The SMILES string of the molecule is CC(Cc1ccc(O)cc1)Nc1cccnc1OC(C)C. The predicted molar refractivity (Wildman–Crippen MR) is 84.9 cm³/mol. The summed E-state index contributed by atoms with van der Waals surface area (Å²) in [4.78, 5) is 4.27. The van der Waals surface area contributed by atoms with Crippen molar-refractivity contribution in [2.45, 2.75) is 39.3 Å². The van der Waals surface area contributed by atoms with Crippen molar-refractivity contribution in [3.8, 4) is 11.6 Å². The second kappa shape index (κ2) is 6.97. The standard InChI is InChI=1S/C17H22N2O2/c1-12(2)21-17-16(5-4-10-18-17)19-13(3)11-14-6-8-15(20)9-7-14/h4-10,12-13,19-20H,11H2,1-3H3. The number of phenolic OH excluding ortho intramolecular Hbond substituents is 1. The zero-order chi connectivity index (χ0) is 15.2. The molecule has 0 aliphatic carbocycles. The van der Waals surface area contributed by atoms with E-state index in [0.29, 0.717) is 11.6 Å². The van der Waals surface area contributed by atoms with Crippen LogP contribution in [-0.2, 0) is 6.42 Å². The van der Waals surface area contributed by atoms with Crippen molar-refractivity contribution < 1.29 is 9.84 Å². The van der Waals surface area contributed by atoms with Gasteiger partial charge in [0.1, 0.15) is 5.75 Å². The molecule has 0 radical (unpaired) electrons. The normalized spacial score (nSPS) is 12.2. The van der Waals surface area contributed by atoms with Gasteiger partial charge in [-0.15, -0.1) is 0 Å². The lowest BCUT2D eigenvalue weighted by molar-refractivity contribution is 0.234. The first kappa shape index (κ1) is 15.2. The number of aromatic hydroxyl groups is 1. The van der Waals surface area contributed by atoms with E-state index in [4.69, 9.17) is 4.74 Å². The molecule has 0 aliphatic rings. The van der Waals surface area contributed by atoms with Gasteiger partial charge in [-0.1, -0.05) is 12.1 Å². The van der Waals surface area contributed by atoms with Gasteiger partial charge in [0.05, 0.1) is 11.8 Å². The van der Waals surface area contributed by atoms with E-state index < -0.39 is 0 Å². The molecule has 112 valence electrons. The van der Waals surface area contributed by atoms with Crippen LogP contribution in [0.5, 0.6) is 11.6 Å². The summed E-state index contributed by atoms with van der Waals surface area (Å²) in [5, 5.41) is 12.7. The van der Waals surface area contributed by atoms with Crippen LogP contribution in [0.3, 0.4) is 0 Å². The minimum absolute atomic E-state index is 0.0906. The van der Waals surface area contributed by atoms with E-state index in [0.717, 1.165) is 12.1 Å². The molecule has 1 atom stereocenters. The van der Waals surface area contributed by atoms with Crippen LogP contribution >= 0.6 is 0 Å². The zero-order valence-corrected chi connectivity index (χ0v) is 12.7. The highest BCUT2D eigenvalue weighted by Crippen LogP contribution is 2.23. The fraction of sp³-hybridized carbons (Fsp3) is 0.353. The Morgan fingerprint density at radius 1 is 1.14 bits per heavy atom. The summed E-state index contributed by atoms with van der Waals surface area (Å²) in [6.07, 6.45) is 2.68. The topological polar surface area (TPSA) is 54.4 Å². The number of phenols is 1. The molecule has 0 saturated carbocycles. The minimum atomic E-state index is 0.0906. The average molecular weight is 286 g/mol. The molecule has 0 spiro atoms. The lowest BCUT2D eigenvalue weighted by atomic mass is 10.1. The second-order valence-electron chi connectivity index (χ2n) is 5.44. The van der Waals surface area contributed by atoms with Crippen molar-refractivity contribution >= 4 is 5.69 Å². The number of benzene rings is 1. The Bertz CT molecular complexity index is 567. The van der Waals surface area contributed by atoms with Gasteiger partial charge >= 0.3 is 0 Å². The molecule has 0 amide bonds. The molecule has 0 saturated heterocycles. The first-order valence-corrected chi connectivity index (χ1v) is 7.20. The Hall–Kier alpha value is -2.23. The van der Waals surface area contributed by atoms with E-state index >= 15 is 0 Å². The summed E-state index contributed by atoms with van der Waals surface area (Å²) in [5.74, 6) is 0.921. The number of ether oxygens (including phenoxy) is 1. The van der Waals surface area contributed by atoms with Gasteiger partial charge in [0.2, 0.25) is 5.88 Å². The van der Waals surface area contributed by atoms with Gasteiger partial charge in [0.15, 0.2) is 0 Å². The van der Waals surface area contributed by atoms with Crippen molar-refractivity contribution in [1.82, 2.24) is 4.98 Å². The van der Waals surface area contributed by atoms with Crippen molar-refractivity contribution in [1.29, 1.82) is 0 Å². The van der Waals surface area contributed by atoms with Crippen LogP contribution in [0.1, 0.15) is 26.3 Å². The minimum Gasteiger partial charge on any atom is -0.508 e. The average Bonchev–Trinajstić information content (AvgIpc) is 2.43. The highest BCUT2D eigenvalue weighted by Gasteiger charge is 2.10. The maximum Gasteiger partial charge on any atom is 0.237 e. The van der Waals surface area contributed by atoms with Crippen molar-refractivity contribution in [2.75, 3.05) is 5.32 Å². The monoisotopic (exact) mass is 286 g/mol. The molecular weight excluding hydrogens is 264 g/mol. The molecule has 2 aromatic rings. The van der Waals surface area contributed by atoms with Crippen LogP contribution in [0, 0.1) is 0 Å². The number of aromatic nitrogens is 1. The number of pyridine rings is 1. The van der Waals surface area contributed by atoms with Crippen LogP contribution in [0.25, 0.3) is 0 Å². The Morgan fingerprint density at radius 3 is 2.52 bits per heavy atom. The third-order valence-electron chi connectivity index (χ3n) is 3.00. The van der Waals surface area contributed by atoms with Gasteiger partial charge in [-0.25, -0.2) is 4.98 Å². The predicted octanol–water partition coefficient (Wildman–Crippen LogP) is 3.62. The third-order valence-corrected chi connectivity index (χ3v) is 3.00. The second-order valence-corrected chi connectivity index (χ2v) is 5.44. The number of anilines is 1. The number of hydrogen-bond donors (Lipinski definition) is 2. The van der Waals surface area contributed by atoms with E-state index in [1.165, 1.54) is 5.56 Å².